The number of ether oxygens (including phenoxy) is 1. The molecule has 0 radical (unpaired) electrons. The van der Waals surface area contributed by atoms with Crippen molar-refractivity contribution in [2.24, 2.45) is 11.3 Å². The molecule has 0 amide bonds. The summed E-state index contributed by atoms with van der Waals surface area (Å²) in [6.07, 6.45) is 3.37. The SMILES string of the molecule is CCCNC(CC(C)C(C)(C)C)c1cccc2c1OCC2. The maximum atomic E-state index is 5.92. The fourth-order valence-electron chi connectivity index (χ4n) is 2.86. The third kappa shape index (κ3) is 4.00. The summed E-state index contributed by atoms with van der Waals surface area (Å²) >= 11 is 0. The molecular weight excluding hydrogens is 258 g/mol. The molecule has 1 aliphatic heterocycles. The molecule has 0 saturated carbocycles. The zero-order chi connectivity index (χ0) is 15.5. The van der Waals surface area contributed by atoms with E-state index in [2.05, 4.69) is 58.1 Å². The highest BCUT2D eigenvalue weighted by Crippen LogP contribution is 2.39. The Morgan fingerprint density at radius 1 is 1.29 bits per heavy atom. The van der Waals surface area contributed by atoms with Crippen LogP contribution in [-0.4, -0.2) is 13.2 Å². The summed E-state index contributed by atoms with van der Waals surface area (Å²) in [5.74, 6) is 1.80. The molecule has 1 heterocycles. The Balaban J connectivity index is 2.22. The van der Waals surface area contributed by atoms with Crippen molar-refractivity contribution in [3.8, 4) is 5.75 Å². The van der Waals surface area contributed by atoms with Crippen LogP contribution < -0.4 is 10.1 Å². The van der Waals surface area contributed by atoms with Gasteiger partial charge in [0.25, 0.3) is 0 Å². The van der Waals surface area contributed by atoms with Crippen LogP contribution >= 0.6 is 0 Å². The second kappa shape index (κ2) is 6.83. The average Bonchev–Trinajstić information content (AvgIpc) is 2.90. The summed E-state index contributed by atoms with van der Waals surface area (Å²) in [7, 11) is 0. The summed E-state index contributed by atoms with van der Waals surface area (Å²) in [5, 5.41) is 3.74. The van der Waals surface area contributed by atoms with Crippen LogP contribution in [0.3, 0.4) is 0 Å². The number of benzene rings is 1. The molecule has 21 heavy (non-hydrogen) atoms. The zero-order valence-corrected chi connectivity index (χ0v) is 14.3. The van der Waals surface area contributed by atoms with Crippen LogP contribution in [0.4, 0.5) is 0 Å². The lowest BCUT2D eigenvalue weighted by Gasteiger charge is -2.32. The Labute approximate surface area is 130 Å². The van der Waals surface area contributed by atoms with E-state index in [4.69, 9.17) is 4.74 Å². The summed E-state index contributed by atoms with van der Waals surface area (Å²) in [5.41, 5.74) is 3.07. The van der Waals surface area contributed by atoms with Gasteiger partial charge in [0, 0.05) is 18.0 Å². The third-order valence-electron chi connectivity index (χ3n) is 4.83. The van der Waals surface area contributed by atoms with E-state index in [-0.39, 0.29) is 0 Å². The van der Waals surface area contributed by atoms with E-state index in [0.717, 1.165) is 38.2 Å². The van der Waals surface area contributed by atoms with Gasteiger partial charge in [-0.05, 0) is 36.3 Å². The van der Waals surface area contributed by atoms with Crippen molar-refractivity contribution in [3.05, 3.63) is 29.3 Å². The van der Waals surface area contributed by atoms with Crippen molar-refractivity contribution in [1.29, 1.82) is 0 Å². The van der Waals surface area contributed by atoms with Crippen LogP contribution in [0.15, 0.2) is 18.2 Å². The largest absolute Gasteiger partial charge is 0.493 e. The van der Waals surface area contributed by atoms with Crippen LogP contribution in [0.1, 0.15) is 64.6 Å². The van der Waals surface area contributed by atoms with Crippen molar-refractivity contribution >= 4 is 0 Å². The molecule has 2 atom stereocenters. The minimum Gasteiger partial charge on any atom is -0.493 e. The molecular formula is C19H31NO. The van der Waals surface area contributed by atoms with E-state index in [0.29, 0.717) is 17.4 Å². The smallest absolute Gasteiger partial charge is 0.127 e. The van der Waals surface area contributed by atoms with Crippen LogP contribution in [0.25, 0.3) is 0 Å². The number of para-hydroxylation sites is 1. The van der Waals surface area contributed by atoms with E-state index in [9.17, 15) is 0 Å². The lowest BCUT2D eigenvalue weighted by atomic mass is 9.77. The van der Waals surface area contributed by atoms with Crippen LogP contribution in [0.2, 0.25) is 0 Å². The fraction of sp³-hybridized carbons (Fsp3) is 0.684. The van der Waals surface area contributed by atoms with E-state index < -0.39 is 0 Å². The number of hydrogen-bond acceptors (Lipinski definition) is 2. The number of fused-ring (bicyclic) bond motifs is 1. The van der Waals surface area contributed by atoms with Crippen LogP contribution in [0, 0.1) is 11.3 Å². The molecule has 1 N–H and O–H groups in total. The molecule has 118 valence electrons. The molecule has 2 rings (SSSR count). The van der Waals surface area contributed by atoms with Crippen molar-refractivity contribution < 1.29 is 4.74 Å². The molecule has 2 unspecified atom stereocenters. The standard InChI is InChI=1S/C19H31NO/c1-6-11-20-17(13-14(2)19(3,4)5)16-9-7-8-15-10-12-21-18(15)16/h7-9,14,17,20H,6,10-13H2,1-5H3. The molecule has 0 saturated heterocycles. The van der Waals surface area contributed by atoms with Gasteiger partial charge in [-0.3, -0.25) is 0 Å². The van der Waals surface area contributed by atoms with Crippen molar-refractivity contribution in [2.75, 3.05) is 13.2 Å². The lowest BCUT2D eigenvalue weighted by molar-refractivity contribution is 0.221. The molecule has 1 aromatic rings. The summed E-state index contributed by atoms with van der Waals surface area (Å²) < 4.78 is 5.92. The highest BCUT2D eigenvalue weighted by atomic mass is 16.5. The Morgan fingerprint density at radius 2 is 2.05 bits per heavy atom. The van der Waals surface area contributed by atoms with Crippen LogP contribution in [-0.2, 0) is 6.42 Å². The van der Waals surface area contributed by atoms with Crippen molar-refractivity contribution in [1.82, 2.24) is 5.32 Å². The van der Waals surface area contributed by atoms with E-state index in [1.807, 2.05) is 0 Å². The normalized spacial score (nSPS) is 17.2. The molecule has 0 spiro atoms. The second-order valence-corrected chi connectivity index (χ2v) is 7.44. The van der Waals surface area contributed by atoms with Crippen molar-refractivity contribution in [3.63, 3.8) is 0 Å². The van der Waals surface area contributed by atoms with Crippen LogP contribution in [0.5, 0.6) is 5.75 Å². The topological polar surface area (TPSA) is 21.3 Å². The van der Waals surface area contributed by atoms with Gasteiger partial charge in [0.15, 0.2) is 0 Å². The molecule has 0 fully saturated rings. The van der Waals surface area contributed by atoms with Gasteiger partial charge < -0.3 is 10.1 Å². The first-order valence-corrected chi connectivity index (χ1v) is 8.41. The molecule has 1 aromatic carbocycles. The van der Waals surface area contributed by atoms with Gasteiger partial charge in [0.2, 0.25) is 0 Å². The van der Waals surface area contributed by atoms with Gasteiger partial charge in [-0.1, -0.05) is 52.8 Å². The first kappa shape index (κ1) is 16.4. The zero-order valence-electron chi connectivity index (χ0n) is 14.3. The van der Waals surface area contributed by atoms with E-state index in [1.54, 1.807) is 0 Å². The van der Waals surface area contributed by atoms with Gasteiger partial charge in [-0.15, -0.1) is 0 Å². The lowest BCUT2D eigenvalue weighted by Crippen LogP contribution is -2.28. The second-order valence-electron chi connectivity index (χ2n) is 7.44. The monoisotopic (exact) mass is 289 g/mol. The quantitative estimate of drug-likeness (QED) is 0.817. The molecule has 0 aliphatic carbocycles. The number of rotatable bonds is 6. The van der Waals surface area contributed by atoms with Gasteiger partial charge in [0.05, 0.1) is 6.61 Å². The Hall–Kier alpha value is -1.02. The first-order chi connectivity index (χ1) is 9.93. The van der Waals surface area contributed by atoms with Gasteiger partial charge in [-0.25, -0.2) is 0 Å². The summed E-state index contributed by atoms with van der Waals surface area (Å²) in [6.45, 7) is 13.5. The Kier molecular flexibility index (Phi) is 5.32. The molecule has 2 heteroatoms. The highest BCUT2D eigenvalue weighted by molar-refractivity contribution is 5.45. The summed E-state index contributed by atoms with van der Waals surface area (Å²) in [6, 6.07) is 7.03. The molecule has 0 aromatic heterocycles. The predicted molar refractivity (Wildman–Crippen MR) is 89.9 cm³/mol. The minimum absolute atomic E-state index is 0.338. The maximum absolute atomic E-state index is 5.92. The molecule has 0 bridgehead atoms. The van der Waals surface area contributed by atoms with Gasteiger partial charge in [0.1, 0.15) is 5.75 Å². The number of hydrogen-bond donors (Lipinski definition) is 1. The molecule has 2 nitrogen and oxygen atoms in total. The van der Waals surface area contributed by atoms with E-state index >= 15 is 0 Å². The highest BCUT2D eigenvalue weighted by Gasteiger charge is 2.27. The Bertz CT molecular complexity index is 461. The maximum Gasteiger partial charge on any atom is 0.127 e. The average molecular weight is 289 g/mol. The minimum atomic E-state index is 0.338. The van der Waals surface area contributed by atoms with Gasteiger partial charge >= 0.3 is 0 Å². The van der Waals surface area contributed by atoms with Crippen molar-refractivity contribution in [2.45, 2.75) is 59.9 Å². The fourth-order valence-corrected chi connectivity index (χ4v) is 2.86. The summed E-state index contributed by atoms with van der Waals surface area (Å²) in [4.78, 5) is 0. The Morgan fingerprint density at radius 3 is 2.71 bits per heavy atom. The van der Waals surface area contributed by atoms with E-state index in [1.165, 1.54) is 11.1 Å². The number of nitrogens with one attached hydrogen (secondary N) is 1. The predicted octanol–water partition coefficient (Wildman–Crippen LogP) is 4.73. The third-order valence-corrected chi connectivity index (χ3v) is 4.83. The van der Waals surface area contributed by atoms with Gasteiger partial charge in [-0.2, -0.15) is 0 Å². The first-order valence-electron chi connectivity index (χ1n) is 8.41. The molecule has 1 aliphatic rings.